The molecule has 0 saturated heterocycles. The van der Waals surface area contributed by atoms with E-state index in [-0.39, 0.29) is 10.9 Å². The molecule has 0 radical (unpaired) electrons. The molecule has 1 unspecified atom stereocenters. The molecule has 2 aromatic carbocycles. The Balaban J connectivity index is 1.72. The van der Waals surface area contributed by atoms with Gasteiger partial charge in [-0.3, -0.25) is 0 Å². The third-order valence-corrected chi connectivity index (χ3v) is 5.83. The molecule has 0 aromatic heterocycles. The van der Waals surface area contributed by atoms with E-state index in [4.69, 9.17) is 4.74 Å². The van der Waals surface area contributed by atoms with Crippen LogP contribution in [0.5, 0.6) is 5.75 Å². The van der Waals surface area contributed by atoms with Gasteiger partial charge in [0, 0.05) is 12.5 Å². The first-order chi connectivity index (χ1) is 11.3. The molecule has 2 aromatic rings. The summed E-state index contributed by atoms with van der Waals surface area (Å²) in [6, 6.07) is 9.36. The number of sulfonamides is 1. The zero-order chi connectivity index (χ0) is 17.3. The van der Waals surface area contributed by atoms with Crippen molar-refractivity contribution in [2.45, 2.75) is 37.6 Å². The Morgan fingerprint density at radius 3 is 2.79 bits per heavy atom. The molecule has 0 amide bonds. The molecule has 1 aliphatic heterocycles. The molecule has 1 aliphatic rings. The molecule has 0 fully saturated rings. The van der Waals surface area contributed by atoms with Crippen molar-refractivity contribution in [3.05, 3.63) is 58.9 Å². The van der Waals surface area contributed by atoms with Gasteiger partial charge in [0.25, 0.3) is 0 Å². The number of ether oxygens (including phenoxy) is 1. The van der Waals surface area contributed by atoms with Crippen LogP contribution in [0.3, 0.4) is 0 Å². The van der Waals surface area contributed by atoms with Crippen molar-refractivity contribution in [3.8, 4) is 5.75 Å². The molecule has 6 heteroatoms. The van der Waals surface area contributed by atoms with Gasteiger partial charge >= 0.3 is 0 Å². The Bertz CT molecular complexity index is 865. The highest BCUT2D eigenvalue weighted by atomic mass is 32.2. The van der Waals surface area contributed by atoms with Crippen LogP contribution < -0.4 is 9.46 Å². The lowest BCUT2D eigenvalue weighted by molar-refractivity contribution is 0.357. The molecule has 0 bridgehead atoms. The van der Waals surface area contributed by atoms with Crippen molar-refractivity contribution in [1.29, 1.82) is 0 Å². The first-order valence-electron chi connectivity index (χ1n) is 7.88. The number of rotatable bonds is 5. The van der Waals surface area contributed by atoms with E-state index in [0.29, 0.717) is 18.6 Å². The minimum Gasteiger partial charge on any atom is -0.493 e. The van der Waals surface area contributed by atoms with Gasteiger partial charge in [0.05, 0.1) is 11.5 Å². The third-order valence-electron chi connectivity index (χ3n) is 4.08. The molecular weight excluding hydrogens is 329 g/mol. The molecule has 24 heavy (non-hydrogen) atoms. The number of hydrogen-bond donors (Lipinski definition) is 1. The van der Waals surface area contributed by atoms with Crippen LogP contribution >= 0.6 is 0 Å². The second kappa shape index (κ2) is 6.53. The fourth-order valence-electron chi connectivity index (χ4n) is 3.00. The van der Waals surface area contributed by atoms with Crippen LogP contribution in [0.15, 0.2) is 41.3 Å². The zero-order valence-corrected chi connectivity index (χ0v) is 14.5. The van der Waals surface area contributed by atoms with Gasteiger partial charge in [-0.15, -0.1) is 0 Å². The Kier molecular flexibility index (Phi) is 4.60. The van der Waals surface area contributed by atoms with E-state index in [0.717, 1.165) is 29.4 Å². The van der Waals surface area contributed by atoms with Crippen LogP contribution in [0.1, 0.15) is 23.6 Å². The van der Waals surface area contributed by atoms with Gasteiger partial charge in [0.15, 0.2) is 0 Å². The molecule has 0 spiro atoms. The molecular formula is C18H20FNO3S. The van der Waals surface area contributed by atoms with Gasteiger partial charge in [-0.25, -0.2) is 17.5 Å². The molecule has 1 N–H and O–H groups in total. The number of benzene rings is 2. The van der Waals surface area contributed by atoms with Crippen LogP contribution in [0, 0.1) is 12.7 Å². The van der Waals surface area contributed by atoms with Gasteiger partial charge in [-0.2, -0.15) is 0 Å². The zero-order valence-electron chi connectivity index (χ0n) is 13.7. The van der Waals surface area contributed by atoms with Gasteiger partial charge < -0.3 is 4.74 Å². The summed E-state index contributed by atoms with van der Waals surface area (Å²) < 4.78 is 46.3. The number of hydrogen-bond acceptors (Lipinski definition) is 3. The summed E-state index contributed by atoms with van der Waals surface area (Å²) in [7, 11) is -3.68. The summed E-state index contributed by atoms with van der Waals surface area (Å²) in [5.41, 5.74) is 2.62. The normalized spacial score (nSPS) is 15.0. The van der Waals surface area contributed by atoms with E-state index in [1.54, 1.807) is 6.92 Å². The average Bonchev–Trinajstić information content (AvgIpc) is 2.93. The molecule has 4 nitrogen and oxygen atoms in total. The lowest BCUT2D eigenvalue weighted by Crippen LogP contribution is -2.34. The minimum absolute atomic E-state index is 0.109. The summed E-state index contributed by atoms with van der Waals surface area (Å²) in [4.78, 5) is 0.109. The lowest BCUT2D eigenvalue weighted by Gasteiger charge is -2.16. The standard InChI is InChI=1S/C18H20FNO3S/c1-12-9-16(19)4-6-18(12)24(21,22)20-13(2)10-14-3-5-17-15(11-14)7-8-23-17/h3-6,9,11,13,20H,7-8,10H2,1-2H3. The van der Waals surface area contributed by atoms with Crippen molar-refractivity contribution in [2.24, 2.45) is 0 Å². The minimum atomic E-state index is -3.68. The summed E-state index contributed by atoms with van der Waals surface area (Å²) >= 11 is 0. The van der Waals surface area contributed by atoms with Crippen LogP contribution in [-0.2, 0) is 22.9 Å². The quantitative estimate of drug-likeness (QED) is 0.903. The third kappa shape index (κ3) is 3.60. The Morgan fingerprint density at radius 2 is 2.04 bits per heavy atom. The van der Waals surface area contributed by atoms with Crippen molar-refractivity contribution in [3.63, 3.8) is 0 Å². The van der Waals surface area contributed by atoms with Crippen molar-refractivity contribution in [2.75, 3.05) is 6.61 Å². The number of aryl methyl sites for hydroxylation is 1. The van der Waals surface area contributed by atoms with Crippen molar-refractivity contribution < 1.29 is 17.5 Å². The van der Waals surface area contributed by atoms with E-state index in [1.165, 1.54) is 12.1 Å². The highest BCUT2D eigenvalue weighted by molar-refractivity contribution is 7.89. The average molecular weight is 349 g/mol. The second-order valence-corrected chi connectivity index (χ2v) is 7.86. The van der Waals surface area contributed by atoms with E-state index in [1.807, 2.05) is 19.1 Å². The van der Waals surface area contributed by atoms with E-state index < -0.39 is 15.8 Å². The predicted molar refractivity (Wildman–Crippen MR) is 90.3 cm³/mol. The molecule has 128 valence electrons. The maximum absolute atomic E-state index is 13.2. The van der Waals surface area contributed by atoms with Crippen molar-refractivity contribution >= 4 is 10.0 Å². The van der Waals surface area contributed by atoms with Gasteiger partial charge in [0.1, 0.15) is 11.6 Å². The maximum atomic E-state index is 13.2. The fraction of sp³-hybridized carbons (Fsp3) is 0.333. The molecule has 0 saturated carbocycles. The number of halogens is 1. The van der Waals surface area contributed by atoms with E-state index in [9.17, 15) is 12.8 Å². The largest absolute Gasteiger partial charge is 0.493 e. The Morgan fingerprint density at radius 1 is 1.25 bits per heavy atom. The molecule has 1 heterocycles. The van der Waals surface area contributed by atoms with Gasteiger partial charge in [-0.1, -0.05) is 12.1 Å². The fourth-order valence-corrected chi connectivity index (χ4v) is 4.47. The topological polar surface area (TPSA) is 55.4 Å². The number of nitrogens with one attached hydrogen (secondary N) is 1. The SMILES string of the molecule is Cc1cc(F)ccc1S(=O)(=O)NC(C)Cc1ccc2c(c1)CCO2. The summed E-state index contributed by atoms with van der Waals surface area (Å²) in [5.74, 6) is 0.466. The number of fused-ring (bicyclic) bond motifs is 1. The second-order valence-electron chi connectivity index (χ2n) is 6.18. The Hall–Kier alpha value is -1.92. The molecule has 1 atom stereocenters. The van der Waals surface area contributed by atoms with Crippen LogP contribution in [0.4, 0.5) is 4.39 Å². The summed E-state index contributed by atoms with van der Waals surface area (Å²) in [5, 5.41) is 0. The molecule has 3 rings (SSSR count). The Labute approximate surface area is 141 Å². The maximum Gasteiger partial charge on any atom is 0.241 e. The monoisotopic (exact) mass is 349 g/mol. The van der Waals surface area contributed by atoms with Gasteiger partial charge in [0.2, 0.25) is 10.0 Å². The summed E-state index contributed by atoms with van der Waals surface area (Å²) in [6.45, 7) is 4.10. The first kappa shape index (κ1) is 16.9. The van der Waals surface area contributed by atoms with Crippen LogP contribution in [-0.4, -0.2) is 21.1 Å². The predicted octanol–water partition coefficient (Wildman–Crippen LogP) is 2.98. The van der Waals surface area contributed by atoms with Crippen LogP contribution in [0.2, 0.25) is 0 Å². The van der Waals surface area contributed by atoms with Gasteiger partial charge in [-0.05, 0) is 61.2 Å². The van der Waals surface area contributed by atoms with E-state index >= 15 is 0 Å². The van der Waals surface area contributed by atoms with Crippen molar-refractivity contribution in [1.82, 2.24) is 4.72 Å². The van der Waals surface area contributed by atoms with Crippen LogP contribution in [0.25, 0.3) is 0 Å². The highest BCUT2D eigenvalue weighted by Crippen LogP contribution is 2.26. The first-order valence-corrected chi connectivity index (χ1v) is 9.36. The highest BCUT2D eigenvalue weighted by Gasteiger charge is 2.20. The van der Waals surface area contributed by atoms with E-state index in [2.05, 4.69) is 10.8 Å². The lowest BCUT2D eigenvalue weighted by atomic mass is 10.0. The smallest absolute Gasteiger partial charge is 0.241 e. The molecule has 0 aliphatic carbocycles. The summed E-state index contributed by atoms with van der Waals surface area (Å²) in [6.07, 6.45) is 1.46.